The number of rotatable bonds is 8. The summed E-state index contributed by atoms with van der Waals surface area (Å²) in [6, 6.07) is 12.9. The molecule has 3 aromatic rings. The number of hydrogen-bond acceptors (Lipinski definition) is 6. The lowest BCUT2D eigenvalue weighted by molar-refractivity contribution is -0.116. The number of carbonyl (C=O) groups excluding carboxylic acids is 1. The van der Waals surface area contributed by atoms with E-state index in [4.69, 9.17) is 0 Å². The van der Waals surface area contributed by atoms with Crippen molar-refractivity contribution in [3.63, 3.8) is 0 Å². The van der Waals surface area contributed by atoms with Crippen LogP contribution >= 0.6 is 0 Å². The molecule has 1 N–H and O–H groups in total. The minimum Gasteiger partial charge on any atom is -0.393 e. The minimum absolute atomic E-state index is 0.144. The molecule has 40 heavy (non-hydrogen) atoms. The van der Waals surface area contributed by atoms with Crippen molar-refractivity contribution in [3.05, 3.63) is 82.8 Å². The highest BCUT2D eigenvalue weighted by atomic mass is 16.3. The largest absolute Gasteiger partial charge is 0.393 e. The van der Waals surface area contributed by atoms with Crippen molar-refractivity contribution in [2.45, 2.75) is 65.0 Å². The fourth-order valence-electron chi connectivity index (χ4n) is 6.19. The number of carbonyl (C=O) groups is 1. The SMILES string of the molecule is CC1=C(C(=O)[C@H](C)Cc2ccc(N(C)C)nc2)c2cc(-c3cncc(CN4CCC(O)CC4)c3)ccc2[C@H](C)C1. The molecular formula is C34H42N4O2. The predicted molar refractivity (Wildman–Crippen MR) is 162 cm³/mol. The van der Waals surface area contributed by atoms with Crippen LogP contribution in [0.2, 0.25) is 0 Å². The van der Waals surface area contributed by atoms with Crippen LogP contribution in [0.3, 0.4) is 0 Å². The van der Waals surface area contributed by atoms with Gasteiger partial charge in [0.2, 0.25) is 0 Å². The number of aromatic nitrogens is 2. The van der Waals surface area contributed by atoms with Crippen LogP contribution in [0.25, 0.3) is 16.7 Å². The van der Waals surface area contributed by atoms with E-state index in [9.17, 15) is 9.90 Å². The number of ketones is 1. The Morgan fingerprint density at radius 3 is 2.52 bits per heavy atom. The van der Waals surface area contributed by atoms with Crippen molar-refractivity contribution in [1.29, 1.82) is 0 Å². The van der Waals surface area contributed by atoms with E-state index in [-0.39, 0.29) is 17.8 Å². The molecule has 1 aliphatic heterocycles. The average molecular weight is 539 g/mol. The number of piperidine rings is 1. The molecule has 0 bridgehead atoms. The van der Waals surface area contributed by atoms with Crippen LogP contribution in [0.4, 0.5) is 5.82 Å². The van der Waals surface area contributed by atoms with Crippen molar-refractivity contribution in [2.24, 2.45) is 5.92 Å². The minimum atomic E-state index is -0.171. The standard InChI is InChI=1S/C34H42N4O2/c1-22-14-23(2)33(34(40)24(3)15-25-6-9-32(36-19-25)37(4)5)31-17-27(7-8-30(22)31)28-16-26(18-35-20-28)21-38-12-10-29(39)11-13-38/h6-9,16-20,22,24,29,39H,10-15,21H2,1-5H3/t22-,24-/m1/s1. The normalized spacial score (nSPS) is 18.9. The molecule has 0 amide bonds. The number of hydrogen-bond donors (Lipinski definition) is 1. The third kappa shape index (κ3) is 6.18. The van der Waals surface area contributed by atoms with Crippen LogP contribution in [-0.4, -0.2) is 59.0 Å². The summed E-state index contributed by atoms with van der Waals surface area (Å²) in [6.45, 7) is 9.06. The Bertz CT molecular complexity index is 1390. The number of pyridine rings is 2. The summed E-state index contributed by atoms with van der Waals surface area (Å²) in [6.07, 6.45) is 8.81. The van der Waals surface area contributed by atoms with E-state index >= 15 is 0 Å². The predicted octanol–water partition coefficient (Wildman–Crippen LogP) is 5.89. The maximum absolute atomic E-state index is 14.0. The number of nitrogens with zero attached hydrogens (tertiary/aromatic N) is 4. The van der Waals surface area contributed by atoms with E-state index in [1.807, 2.05) is 50.6 Å². The molecule has 210 valence electrons. The molecule has 6 heteroatoms. The summed E-state index contributed by atoms with van der Waals surface area (Å²) in [5.74, 6) is 1.35. The number of aliphatic hydroxyl groups excluding tert-OH is 1. The third-order valence-electron chi connectivity index (χ3n) is 8.49. The van der Waals surface area contributed by atoms with E-state index in [1.54, 1.807) is 0 Å². The number of benzene rings is 1. The van der Waals surface area contributed by atoms with Crippen LogP contribution in [0.5, 0.6) is 0 Å². The van der Waals surface area contributed by atoms with Gasteiger partial charge in [0.25, 0.3) is 0 Å². The van der Waals surface area contributed by atoms with E-state index in [0.717, 1.165) is 72.5 Å². The van der Waals surface area contributed by atoms with E-state index in [2.05, 4.69) is 59.0 Å². The summed E-state index contributed by atoms with van der Waals surface area (Å²) in [4.78, 5) is 27.5. The van der Waals surface area contributed by atoms with Gasteiger partial charge in [-0.25, -0.2) is 4.98 Å². The molecule has 0 unspecified atom stereocenters. The summed E-state index contributed by atoms with van der Waals surface area (Å²) >= 11 is 0. The van der Waals surface area contributed by atoms with Crippen molar-refractivity contribution in [2.75, 3.05) is 32.1 Å². The number of likely N-dealkylation sites (tertiary alicyclic amines) is 1. The van der Waals surface area contributed by atoms with E-state index < -0.39 is 0 Å². The lowest BCUT2D eigenvalue weighted by Crippen LogP contribution is -2.35. The first-order valence-corrected chi connectivity index (χ1v) is 14.5. The summed E-state index contributed by atoms with van der Waals surface area (Å²) in [5, 5.41) is 9.85. The molecule has 2 aromatic heterocycles. The van der Waals surface area contributed by atoms with Crippen molar-refractivity contribution >= 4 is 17.2 Å². The van der Waals surface area contributed by atoms with Crippen LogP contribution in [0.15, 0.2) is 60.6 Å². The lowest BCUT2D eigenvalue weighted by atomic mass is 9.75. The topological polar surface area (TPSA) is 69.6 Å². The van der Waals surface area contributed by atoms with Gasteiger partial charge in [-0.15, -0.1) is 0 Å². The fourth-order valence-corrected chi connectivity index (χ4v) is 6.19. The molecule has 1 aromatic carbocycles. The highest BCUT2D eigenvalue weighted by Crippen LogP contribution is 2.41. The lowest BCUT2D eigenvalue weighted by Gasteiger charge is -2.29. The Balaban J connectivity index is 1.39. The number of aliphatic hydroxyl groups is 1. The second-order valence-electron chi connectivity index (χ2n) is 12.0. The molecule has 0 radical (unpaired) electrons. The molecule has 1 fully saturated rings. The molecule has 6 nitrogen and oxygen atoms in total. The molecule has 2 atom stereocenters. The molecule has 1 aliphatic carbocycles. The Hall–Kier alpha value is -3.35. The van der Waals surface area contributed by atoms with Gasteiger partial charge >= 0.3 is 0 Å². The van der Waals surface area contributed by atoms with Gasteiger partial charge in [-0.05, 0) is 84.5 Å². The smallest absolute Gasteiger partial charge is 0.166 e. The average Bonchev–Trinajstić information content (AvgIpc) is 2.94. The third-order valence-corrected chi connectivity index (χ3v) is 8.49. The fraction of sp³-hybridized carbons (Fsp3) is 0.441. The number of fused-ring (bicyclic) bond motifs is 1. The highest BCUT2D eigenvalue weighted by molar-refractivity contribution is 6.23. The van der Waals surface area contributed by atoms with Gasteiger partial charge in [0.15, 0.2) is 5.78 Å². The Morgan fingerprint density at radius 2 is 1.82 bits per heavy atom. The number of Topliss-reactive ketones (excluding diaryl/α,β-unsaturated/α-hetero) is 1. The first-order chi connectivity index (χ1) is 19.2. The zero-order valence-corrected chi connectivity index (χ0v) is 24.5. The van der Waals surface area contributed by atoms with Crippen molar-refractivity contribution in [3.8, 4) is 11.1 Å². The Kier molecular flexibility index (Phi) is 8.48. The van der Waals surface area contributed by atoms with Crippen LogP contribution in [0.1, 0.15) is 68.2 Å². The quantitative estimate of drug-likeness (QED) is 0.385. The summed E-state index contributed by atoms with van der Waals surface area (Å²) < 4.78 is 0. The molecular weight excluding hydrogens is 496 g/mol. The van der Waals surface area contributed by atoms with E-state index in [1.165, 1.54) is 16.7 Å². The number of anilines is 1. The summed E-state index contributed by atoms with van der Waals surface area (Å²) in [7, 11) is 3.96. The van der Waals surface area contributed by atoms with Gasteiger partial charge in [0, 0.05) is 69.4 Å². The summed E-state index contributed by atoms with van der Waals surface area (Å²) in [5.41, 5.74) is 8.79. The van der Waals surface area contributed by atoms with E-state index in [0.29, 0.717) is 12.3 Å². The molecule has 0 spiro atoms. The molecule has 3 heterocycles. The maximum Gasteiger partial charge on any atom is 0.166 e. The molecule has 0 saturated carbocycles. The molecule has 2 aliphatic rings. The van der Waals surface area contributed by atoms with Crippen LogP contribution in [0, 0.1) is 5.92 Å². The Morgan fingerprint density at radius 1 is 1.05 bits per heavy atom. The van der Waals surface area contributed by atoms with Crippen LogP contribution < -0.4 is 4.90 Å². The van der Waals surface area contributed by atoms with Gasteiger partial charge in [-0.1, -0.05) is 37.6 Å². The monoisotopic (exact) mass is 538 g/mol. The van der Waals surface area contributed by atoms with Gasteiger partial charge in [0.1, 0.15) is 5.82 Å². The molecule has 1 saturated heterocycles. The van der Waals surface area contributed by atoms with Gasteiger partial charge in [-0.3, -0.25) is 14.7 Å². The van der Waals surface area contributed by atoms with Gasteiger partial charge < -0.3 is 10.0 Å². The molecule has 5 rings (SSSR count). The second-order valence-corrected chi connectivity index (χ2v) is 12.0. The van der Waals surface area contributed by atoms with Crippen LogP contribution in [-0.2, 0) is 17.8 Å². The first kappa shape index (κ1) is 28.2. The second kappa shape index (κ2) is 12.0. The zero-order valence-electron chi connectivity index (χ0n) is 24.5. The maximum atomic E-state index is 14.0. The Labute approximate surface area is 238 Å². The number of allylic oxidation sites excluding steroid dienone is 2. The van der Waals surface area contributed by atoms with Gasteiger partial charge in [0.05, 0.1) is 6.10 Å². The highest BCUT2D eigenvalue weighted by Gasteiger charge is 2.29. The van der Waals surface area contributed by atoms with Gasteiger partial charge in [-0.2, -0.15) is 0 Å². The van der Waals surface area contributed by atoms with Crippen molar-refractivity contribution in [1.82, 2.24) is 14.9 Å². The zero-order chi connectivity index (χ0) is 28.4. The van der Waals surface area contributed by atoms with Crippen molar-refractivity contribution < 1.29 is 9.90 Å². The first-order valence-electron chi connectivity index (χ1n) is 14.5.